The van der Waals surface area contributed by atoms with Crippen LogP contribution < -0.4 is 15.4 Å². The van der Waals surface area contributed by atoms with Gasteiger partial charge in [0.1, 0.15) is 5.75 Å². The Labute approximate surface area is 211 Å². The van der Waals surface area contributed by atoms with Crippen molar-refractivity contribution in [2.45, 2.75) is 89.3 Å². The van der Waals surface area contributed by atoms with Crippen LogP contribution in [0.3, 0.4) is 0 Å². The Morgan fingerprint density at radius 2 is 1.74 bits per heavy atom. The molecule has 0 aliphatic heterocycles. The zero-order chi connectivity index (χ0) is 24.3. The van der Waals surface area contributed by atoms with E-state index in [9.17, 15) is 4.79 Å². The molecule has 1 amide bonds. The number of hydrogen-bond donors (Lipinski definition) is 2. The first-order valence-corrected chi connectivity index (χ1v) is 13.8. The molecule has 0 spiro atoms. The maximum absolute atomic E-state index is 13.5. The molecule has 35 heavy (non-hydrogen) atoms. The molecule has 4 saturated carbocycles. The van der Waals surface area contributed by atoms with Crippen LogP contribution >= 0.6 is 0 Å². The first-order valence-electron chi connectivity index (χ1n) is 13.8. The highest BCUT2D eigenvalue weighted by Gasteiger charge is 2.50. The summed E-state index contributed by atoms with van der Waals surface area (Å²) < 4.78 is 5.40. The second-order valence-electron chi connectivity index (χ2n) is 11.6. The molecule has 4 bridgehead atoms. The number of carbonyl (C=O) groups excluding carboxylic acids is 1. The molecule has 0 aromatic heterocycles. The fourth-order valence-electron chi connectivity index (χ4n) is 7.53. The average Bonchev–Trinajstić information content (AvgIpc) is 2.85. The molecule has 0 radical (unpaired) electrons. The summed E-state index contributed by atoms with van der Waals surface area (Å²) in [6.07, 6.45) is 12.3. The van der Waals surface area contributed by atoms with Gasteiger partial charge < -0.3 is 15.4 Å². The Bertz CT molecular complexity index is 981. The first kappa shape index (κ1) is 24.4. The van der Waals surface area contributed by atoms with Crippen LogP contribution in [0.2, 0.25) is 0 Å². The summed E-state index contributed by atoms with van der Waals surface area (Å²) in [6, 6.07) is 16.5. The second kappa shape index (κ2) is 10.7. The standard InChI is InChI=1S/C31H42N2O2/c1-3-4-10-27(16-22-8-7-11-28(17-22)35-2)33-30(34)29-12-6-5-9-26(29)21-32-31-18-23-13-24(19-31)15-25(14-23)20-31/h5-9,11-12,17,23-25,27,32H,3-4,10,13-16,18-21H2,1-2H3,(H,33,34)/t23?,24?,25?,27-,31?/m0/s1. The zero-order valence-electron chi connectivity index (χ0n) is 21.5. The van der Waals surface area contributed by atoms with Crippen molar-refractivity contribution in [3.8, 4) is 5.75 Å². The Hall–Kier alpha value is -2.33. The van der Waals surface area contributed by atoms with Crippen molar-refractivity contribution in [2.75, 3.05) is 7.11 Å². The Kier molecular flexibility index (Phi) is 7.48. The molecule has 188 valence electrons. The fraction of sp³-hybridized carbons (Fsp3) is 0.581. The quantitative estimate of drug-likeness (QED) is 0.403. The maximum Gasteiger partial charge on any atom is 0.251 e. The summed E-state index contributed by atoms with van der Waals surface area (Å²) in [5.74, 6) is 3.68. The lowest BCUT2D eigenvalue weighted by molar-refractivity contribution is -0.0206. The summed E-state index contributed by atoms with van der Waals surface area (Å²) in [4.78, 5) is 13.5. The zero-order valence-corrected chi connectivity index (χ0v) is 21.5. The van der Waals surface area contributed by atoms with Gasteiger partial charge in [0.2, 0.25) is 0 Å². The molecule has 4 heteroatoms. The van der Waals surface area contributed by atoms with E-state index in [1.165, 1.54) is 44.1 Å². The average molecular weight is 475 g/mol. The lowest BCUT2D eigenvalue weighted by atomic mass is 9.53. The SMILES string of the molecule is CCCC[C@@H](Cc1cccc(OC)c1)NC(=O)c1ccccc1CNC12CC3CC(CC(C3)C1)C2. The van der Waals surface area contributed by atoms with Crippen molar-refractivity contribution in [2.24, 2.45) is 17.8 Å². The van der Waals surface area contributed by atoms with Gasteiger partial charge in [0.05, 0.1) is 7.11 Å². The molecular weight excluding hydrogens is 432 g/mol. The van der Waals surface area contributed by atoms with Gasteiger partial charge in [-0.2, -0.15) is 0 Å². The predicted molar refractivity (Wildman–Crippen MR) is 142 cm³/mol. The van der Waals surface area contributed by atoms with Crippen LogP contribution in [0.5, 0.6) is 5.75 Å². The van der Waals surface area contributed by atoms with Crippen molar-refractivity contribution < 1.29 is 9.53 Å². The van der Waals surface area contributed by atoms with Gasteiger partial charge in [-0.25, -0.2) is 0 Å². The number of rotatable bonds is 11. The van der Waals surface area contributed by atoms with Gasteiger partial charge >= 0.3 is 0 Å². The van der Waals surface area contributed by atoms with Crippen LogP contribution in [-0.4, -0.2) is 24.6 Å². The van der Waals surface area contributed by atoms with Crippen molar-refractivity contribution in [3.05, 3.63) is 65.2 Å². The van der Waals surface area contributed by atoms with E-state index in [4.69, 9.17) is 4.74 Å². The minimum atomic E-state index is 0.0527. The van der Waals surface area contributed by atoms with Gasteiger partial charge in [0.25, 0.3) is 5.91 Å². The second-order valence-corrected chi connectivity index (χ2v) is 11.6. The normalized spacial score (nSPS) is 27.5. The van der Waals surface area contributed by atoms with Crippen LogP contribution in [0.15, 0.2) is 48.5 Å². The third-order valence-electron chi connectivity index (χ3n) is 8.81. The molecular formula is C31H42N2O2. The van der Waals surface area contributed by atoms with Crippen LogP contribution in [0.1, 0.15) is 86.2 Å². The minimum Gasteiger partial charge on any atom is -0.497 e. The molecule has 4 aliphatic rings. The van der Waals surface area contributed by atoms with E-state index >= 15 is 0 Å². The number of nitrogens with one attached hydrogen (secondary N) is 2. The largest absolute Gasteiger partial charge is 0.497 e. The number of methoxy groups -OCH3 is 1. The summed E-state index contributed by atoms with van der Waals surface area (Å²) >= 11 is 0. The molecule has 2 aromatic carbocycles. The van der Waals surface area contributed by atoms with Crippen molar-refractivity contribution in [3.63, 3.8) is 0 Å². The van der Waals surface area contributed by atoms with Crippen LogP contribution in [-0.2, 0) is 13.0 Å². The van der Waals surface area contributed by atoms with E-state index in [0.717, 1.165) is 66.9 Å². The smallest absolute Gasteiger partial charge is 0.251 e. The molecule has 4 nitrogen and oxygen atoms in total. The van der Waals surface area contributed by atoms with Crippen LogP contribution in [0, 0.1) is 17.8 Å². The number of hydrogen-bond acceptors (Lipinski definition) is 3. The van der Waals surface area contributed by atoms with Gasteiger partial charge in [-0.3, -0.25) is 4.79 Å². The number of benzene rings is 2. The molecule has 2 N–H and O–H groups in total. The Balaban J connectivity index is 1.26. The van der Waals surface area contributed by atoms with Gasteiger partial charge in [-0.05, 0) is 98.4 Å². The third kappa shape index (κ3) is 5.74. The Morgan fingerprint density at radius 3 is 2.43 bits per heavy atom. The monoisotopic (exact) mass is 474 g/mol. The summed E-state index contributed by atoms with van der Waals surface area (Å²) in [7, 11) is 1.70. The number of ether oxygens (including phenoxy) is 1. The summed E-state index contributed by atoms with van der Waals surface area (Å²) in [6.45, 7) is 2.99. The predicted octanol–water partition coefficient (Wildman–Crippen LogP) is 6.28. The van der Waals surface area contributed by atoms with Crippen LogP contribution in [0.25, 0.3) is 0 Å². The molecule has 4 fully saturated rings. The first-order chi connectivity index (χ1) is 17.1. The molecule has 6 rings (SSSR count). The number of unbranched alkanes of at least 4 members (excludes halogenated alkanes) is 1. The highest BCUT2D eigenvalue weighted by Crippen LogP contribution is 2.55. The van der Waals surface area contributed by atoms with Gasteiger partial charge in [-0.1, -0.05) is 50.1 Å². The van der Waals surface area contributed by atoms with E-state index in [1.807, 2.05) is 24.3 Å². The topological polar surface area (TPSA) is 50.4 Å². The fourth-order valence-corrected chi connectivity index (χ4v) is 7.53. The maximum atomic E-state index is 13.5. The van der Waals surface area contributed by atoms with Gasteiger partial charge in [0.15, 0.2) is 0 Å². The van der Waals surface area contributed by atoms with E-state index < -0.39 is 0 Å². The van der Waals surface area contributed by atoms with E-state index in [2.05, 4.69) is 41.8 Å². The number of carbonyl (C=O) groups is 1. The van der Waals surface area contributed by atoms with Gasteiger partial charge in [-0.15, -0.1) is 0 Å². The van der Waals surface area contributed by atoms with E-state index in [1.54, 1.807) is 7.11 Å². The third-order valence-corrected chi connectivity index (χ3v) is 8.81. The molecule has 0 unspecified atom stereocenters. The molecule has 0 heterocycles. The molecule has 4 aliphatic carbocycles. The van der Waals surface area contributed by atoms with E-state index in [-0.39, 0.29) is 11.9 Å². The molecule has 0 saturated heterocycles. The van der Waals surface area contributed by atoms with Gasteiger partial charge in [0, 0.05) is 23.7 Å². The highest BCUT2D eigenvalue weighted by atomic mass is 16.5. The lowest BCUT2D eigenvalue weighted by Gasteiger charge is -2.57. The number of amides is 1. The van der Waals surface area contributed by atoms with E-state index in [0.29, 0.717) is 5.54 Å². The minimum absolute atomic E-state index is 0.0527. The Morgan fingerprint density at radius 1 is 1.03 bits per heavy atom. The van der Waals surface area contributed by atoms with Crippen molar-refractivity contribution in [1.29, 1.82) is 0 Å². The molecule has 1 atom stereocenters. The van der Waals surface area contributed by atoms with Crippen molar-refractivity contribution in [1.82, 2.24) is 10.6 Å². The lowest BCUT2D eigenvalue weighted by Crippen LogP contribution is -2.58. The summed E-state index contributed by atoms with van der Waals surface area (Å²) in [5, 5.41) is 7.37. The molecule has 2 aromatic rings. The summed E-state index contributed by atoms with van der Waals surface area (Å²) in [5.41, 5.74) is 3.43. The highest BCUT2D eigenvalue weighted by molar-refractivity contribution is 5.95. The van der Waals surface area contributed by atoms with Crippen LogP contribution in [0.4, 0.5) is 0 Å². The van der Waals surface area contributed by atoms with Crippen molar-refractivity contribution >= 4 is 5.91 Å².